The van der Waals surface area contributed by atoms with Crippen molar-refractivity contribution in [3.63, 3.8) is 0 Å². The van der Waals surface area contributed by atoms with Crippen LogP contribution in [0.5, 0.6) is 5.75 Å². The molecule has 1 aromatic carbocycles. The summed E-state index contributed by atoms with van der Waals surface area (Å²) >= 11 is 5.98. The number of methoxy groups -OCH3 is 1. The maximum atomic E-state index is 11.5. The molecule has 19 heavy (non-hydrogen) atoms. The summed E-state index contributed by atoms with van der Waals surface area (Å²) in [5.74, 6) is -0.944. The second-order valence-corrected chi connectivity index (χ2v) is 4.35. The van der Waals surface area contributed by atoms with Crippen molar-refractivity contribution in [2.24, 2.45) is 0 Å². The van der Waals surface area contributed by atoms with Gasteiger partial charge in [-0.2, -0.15) is 0 Å². The molecule has 0 aliphatic rings. The number of benzene rings is 1. The van der Waals surface area contributed by atoms with Gasteiger partial charge < -0.3 is 14.7 Å². The van der Waals surface area contributed by atoms with Crippen LogP contribution in [-0.2, 0) is 9.59 Å². The van der Waals surface area contributed by atoms with Crippen LogP contribution >= 0.6 is 11.6 Å². The second-order valence-electron chi connectivity index (χ2n) is 3.94. The Hall–Kier alpha value is -1.75. The summed E-state index contributed by atoms with van der Waals surface area (Å²) in [7, 11) is 1.48. The Labute approximate surface area is 116 Å². The minimum atomic E-state index is -1.10. The largest absolute Gasteiger partial charge is 0.495 e. The Balaban J connectivity index is 3.23. The van der Waals surface area contributed by atoms with E-state index >= 15 is 0 Å². The molecule has 1 amide bonds. The van der Waals surface area contributed by atoms with Crippen LogP contribution in [0, 0.1) is 0 Å². The highest BCUT2D eigenvalue weighted by atomic mass is 35.5. The predicted molar refractivity (Wildman–Crippen MR) is 71.4 cm³/mol. The van der Waals surface area contributed by atoms with E-state index in [1.165, 1.54) is 25.0 Å². The number of aliphatic carboxylic acids is 1. The highest BCUT2D eigenvalue weighted by Crippen LogP contribution is 2.30. The first-order valence-electron chi connectivity index (χ1n) is 5.75. The molecule has 0 aliphatic heterocycles. The van der Waals surface area contributed by atoms with Crippen molar-refractivity contribution in [3.8, 4) is 5.75 Å². The van der Waals surface area contributed by atoms with Crippen molar-refractivity contribution in [1.29, 1.82) is 0 Å². The van der Waals surface area contributed by atoms with E-state index in [4.69, 9.17) is 16.3 Å². The lowest BCUT2D eigenvalue weighted by molar-refractivity contribution is -0.149. The summed E-state index contributed by atoms with van der Waals surface area (Å²) in [6, 6.07) is 3.63. The van der Waals surface area contributed by atoms with Gasteiger partial charge in [0.05, 0.1) is 12.1 Å². The molecule has 1 aromatic rings. The van der Waals surface area contributed by atoms with E-state index < -0.39 is 12.0 Å². The number of carboxylic acids is 1. The van der Waals surface area contributed by atoms with Crippen LogP contribution in [0.3, 0.4) is 0 Å². The van der Waals surface area contributed by atoms with Crippen molar-refractivity contribution in [2.45, 2.75) is 19.9 Å². The number of carbonyl (C=O) groups excluding carboxylic acids is 1. The third-order valence-electron chi connectivity index (χ3n) is 2.78. The summed E-state index contributed by atoms with van der Waals surface area (Å²) in [5.41, 5.74) is 0.440. The first-order chi connectivity index (χ1) is 8.92. The summed E-state index contributed by atoms with van der Waals surface area (Å²) in [4.78, 5) is 24.2. The number of likely N-dealkylation sites (N-methyl/N-ethyl adjacent to an activating group) is 1. The fourth-order valence-electron chi connectivity index (χ4n) is 1.90. The van der Waals surface area contributed by atoms with Gasteiger partial charge in [-0.1, -0.05) is 17.7 Å². The zero-order valence-electron chi connectivity index (χ0n) is 11.0. The Morgan fingerprint density at radius 2 is 2.11 bits per heavy atom. The minimum Gasteiger partial charge on any atom is -0.495 e. The van der Waals surface area contributed by atoms with Gasteiger partial charge >= 0.3 is 5.97 Å². The quantitative estimate of drug-likeness (QED) is 0.902. The van der Waals surface area contributed by atoms with Crippen LogP contribution in [0.15, 0.2) is 18.2 Å². The van der Waals surface area contributed by atoms with Crippen molar-refractivity contribution >= 4 is 23.5 Å². The van der Waals surface area contributed by atoms with E-state index in [1.807, 2.05) is 0 Å². The van der Waals surface area contributed by atoms with Crippen molar-refractivity contribution in [1.82, 2.24) is 4.90 Å². The highest BCUT2D eigenvalue weighted by Gasteiger charge is 2.28. The van der Waals surface area contributed by atoms with Crippen molar-refractivity contribution in [3.05, 3.63) is 28.8 Å². The van der Waals surface area contributed by atoms with Gasteiger partial charge in [0.2, 0.25) is 5.91 Å². The monoisotopic (exact) mass is 285 g/mol. The predicted octanol–water partition coefficient (Wildman–Crippen LogP) is 2.34. The van der Waals surface area contributed by atoms with Gasteiger partial charge in [-0.15, -0.1) is 0 Å². The number of hydrogen-bond donors (Lipinski definition) is 1. The highest BCUT2D eigenvalue weighted by molar-refractivity contribution is 6.32. The topological polar surface area (TPSA) is 66.8 Å². The average molecular weight is 286 g/mol. The Morgan fingerprint density at radius 3 is 2.47 bits per heavy atom. The maximum absolute atomic E-state index is 11.5. The van der Waals surface area contributed by atoms with Crippen LogP contribution in [0.1, 0.15) is 25.5 Å². The Morgan fingerprint density at radius 1 is 1.47 bits per heavy atom. The lowest BCUT2D eigenvalue weighted by Crippen LogP contribution is -2.37. The molecule has 0 radical (unpaired) electrons. The number of halogens is 1. The summed E-state index contributed by atoms with van der Waals surface area (Å²) in [6.45, 7) is 3.36. The molecule has 0 fully saturated rings. The maximum Gasteiger partial charge on any atom is 0.331 e. The van der Waals surface area contributed by atoms with E-state index in [1.54, 1.807) is 19.1 Å². The van der Waals surface area contributed by atoms with Gasteiger partial charge in [0.1, 0.15) is 5.75 Å². The molecule has 0 aromatic heterocycles. The number of amides is 1. The lowest BCUT2D eigenvalue weighted by atomic mass is 10.0. The molecule has 0 aliphatic carbocycles. The van der Waals surface area contributed by atoms with E-state index in [2.05, 4.69) is 0 Å². The fourth-order valence-corrected chi connectivity index (χ4v) is 2.16. The summed E-state index contributed by atoms with van der Waals surface area (Å²) < 4.78 is 5.01. The van der Waals surface area contributed by atoms with Gasteiger partial charge in [0, 0.05) is 13.5 Å². The van der Waals surface area contributed by atoms with Gasteiger partial charge in [0.25, 0.3) is 0 Å². The van der Waals surface area contributed by atoms with Crippen LogP contribution in [0.25, 0.3) is 0 Å². The SMILES string of the molecule is CCN(C(C)=O)C(C(=O)O)c1ccc(OC)c(Cl)c1. The molecule has 0 spiro atoms. The molecule has 0 saturated heterocycles. The van der Waals surface area contributed by atoms with Crippen LogP contribution < -0.4 is 4.74 Å². The number of hydrogen-bond acceptors (Lipinski definition) is 3. The van der Waals surface area contributed by atoms with Crippen LogP contribution in [-0.4, -0.2) is 35.5 Å². The standard InChI is InChI=1S/C13H16ClNO4/c1-4-15(8(2)16)12(13(17)18)9-5-6-11(19-3)10(14)7-9/h5-7,12H,4H2,1-3H3,(H,17,18). The second kappa shape index (κ2) is 6.43. The normalized spacial score (nSPS) is 11.8. The molecule has 1 rings (SSSR count). The number of carboxylic acid groups (broad SMARTS) is 1. The minimum absolute atomic E-state index is 0.302. The first kappa shape index (κ1) is 15.3. The van der Waals surface area contributed by atoms with Crippen molar-refractivity contribution in [2.75, 3.05) is 13.7 Å². The third-order valence-corrected chi connectivity index (χ3v) is 3.08. The smallest absolute Gasteiger partial charge is 0.331 e. The zero-order valence-corrected chi connectivity index (χ0v) is 11.8. The number of rotatable bonds is 5. The Kier molecular flexibility index (Phi) is 5.18. The molecule has 0 heterocycles. The summed E-state index contributed by atoms with van der Waals surface area (Å²) in [5, 5.41) is 9.64. The van der Waals surface area contributed by atoms with Crippen molar-refractivity contribution < 1.29 is 19.4 Å². The van der Waals surface area contributed by atoms with Gasteiger partial charge in [-0.25, -0.2) is 4.79 Å². The summed E-state index contributed by atoms with van der Waals surface area (Å²) in [6.07, 6.45) is 0. The molecular weight excluding hydrogens is 270 g/mol. The average Bonchev–Trinajstić information content (AvgIpc) is 2.34. The fraction of sp³-hybridized carbons (Fsp3) is 0.385. The molecule has 1 N–H and O–H groups in total. The molecule has 0 bridgehead atoms. The van der Waals surface area contributed by atoms with Crippen LogP contribution in [0.2, 0.25) is 5.02 Å². The molecular formula is C13H16ClNO4. The number of carbonyl (C=O) groups is 2. The number of ether oxygens (including phenoxy) is 1. The van der Waals surface area contributed by atoms with E-state index in [9.17, 15) is 14.7 Å². The molecule has 5 nitrogen and oxygen atoms in total. The van der Waals surface area contributed by atoms with E-state index in [0.29, 0.717) is 22.9 Å². The van der Waals surface area contributed by atoms with E-state index in [0.717, 1.165) is 0 Å². The molecule has 104 valence electrons. The number of nitrogens with zero attached hydrogens (tertiary/aromatic N) is 1. The molecule has 0 saturated carbocycles. The van der Waals surface area contributed by atoms with Crippen LogP contribution in [0.4, 0.5) is 0 Å². The van der Waals surface area contributed by atoms with Gasteiger partial charge in [0.15, 0.2) is 6.04 Å². The third kappa shape index (κ3) is 3.38. The lowest BCUT2D eigenvalue weighted by Gasteiger charge is -2.27. The first-order valence-corrected chi connectivity index (χ1v) is 6.13. The van der Waals surface area contributed by atoms with Gasteiger partial charge in [-0.05, 0) is 24.6 Å². The zero-order chi connectivity index (χ0) is 14.6. The molecule has 6 heteroatoms. The molecule has 1 atom stereocenters. The van der Waals surface area contributed by atoms with Gasteiger partial charge in [-0.3, -0.25) is 4.79 Å². The van der Waals surface area contributed by atoms with E-state index in [-0.39, 0.29) is 5.91 Å². The Bertz CT molecular complexity index is 490. The molecule has 1 unspecified atom stereocenters.